The average Bonchev–Trinajstić information content (AvgIpc) is 2.35. The Bertz CT molecular complexity index is 130. The van der Waals surface area contributed by atoms with Crippen molar-refractivity contribution in [2.24, 2.45) is 5.92 Å². The molecule has 0 aromatic rings. The van der Waals surface area contributed by atoms with E-state index in [1.165, 1.54) is 12.8 Å². The standard InChI is InChI=1S/C10H19N/c1-8(2)11-9(3)10-6-4-5-7-10/h4-5,8-11H,6-7H2,1-3H3/t9-/m1/s1. The van der Waals surface area contributed by atoms with E-state index in [1.54, 1.807) is 0 Å². The monoisotopic (exact) mass is 153 g/mol. The summed E-state index contributed by atoms with van der Waals surface area (Å²) in [4.78, 5) is 0. The maximum absolute atomic E-state index is 3.54. The molecule has 1 atom stereocenters. The first kappa shape index (κ1) is 8.79. The zero-order valence-electron chi connectivity index (χ0n) is 7.80. The SMILES string of the molecule is CC(C)N[C@H](C)C1CC=CC1. The van der Waals surface area contributed by atoms with Crippen LogP contribution >= 0.6 is 0 Å². The van der Waals surface area contributed by atoms with Gasteiger partial charge in [0.25, 0.3) is 0 Å². The fourth-order valence-electron chi connectivity index (χ4n) is 1.71. The molecule has 1 nitrogen and oxygen atoms in total. The summed E-state index contributed by atoms with van der Waals surface area (Å²) in [5.74, 6) is 0.845. The molecule has 0 heterocycles. The summed E-state index contributed by atoms with van der Waals surface area (Å²) in [7, 11) is 0. The Morgan fingerprint density at radius 2 is 1.73 bits per heavy atom. The minimum atomic E-state index is 0.616. The third-order valence-electron chi connectivity index (χ3n) is 2.35. The van der Waals surface area contributed by atoms with Gasteiger partial charge in [-0.1, -0.05) is 26.0 Å². The summed E-state index contributed by atoms with van der Waals surface area (Å²) in [6.07, 6.45) is 7.12. The van der Waals surface area contributed by atoms with E-state index in [0.717, 1.165) is 5.92 Å². The minimum Gasteiger partial charge on any atom is -0.312 e. The molecular weight excluding hydrogens is 134 g/mol. The molecule has 1 aliphatic rings. The Morgan fingerprint density at radius 3 is 2.18 bits per heavy atom. The first-order valence-corrected chi connectivity index (χ1v) is 4.61. The van der Waals surface area contributed by atoms with Gasteiger partial charge in [-0.2, -0.15) is 0 Å². The van der Waals surface area contributed by atoms with E-state index in [1.807, 2.05) is 0 Å². The van der Waals surface area contributed by atoms with Gasteiger partial charge in [0.2, 0.25) is 0 Å². The molecule has 1 N–H and O–H groups in total. The first-order chi connectivity index (χ1) is 5.20. The van der Waals surface area contributed by atoms with Crippen LogP contribution in [0.4, 0.5) is 0 Å². The molecule has 0 saturated carbocycles. The maximum Gasteiger partial charge on any atom is 0.00752 e. The number of hydrogen-bond acceptors (Lipinski definition) is 1. The number of hydrogen-bond donors (Lipinski definition) is 1. The highest BCUT2D eigenvalue weighted by Crippen LogP contribution is 2.21. The van der Waals surface area contributed by atoms with Crippen LogP contribution in [0.5, 0.6) is 0 Å². The lowest BCUT2D eigenvalue weighted by atomic mass is 9.98. The van der Waals surface area contributed by atoms with Gasteiger partial charge in [-0.25, -0.2) is 0 Å². The van der Waals surface area contributed by atoms with E-state index in [4.69, 9.17) is 0 Å². The summed E-state index contributed by atoms with van der Waals surface area (Å²) < 4.78 is 0. The smallest absolute Gasteiger partial charge is 0.00752 e. The Labute approximate surface area is 69.9 Å². The quantitative estimate of drug-likeness (QED) is 0.614. The lowest BCUT2D eigenvalue weighted by Crippen LogP contribution is -2.37. The van der Waals surface area contributed by atoms with Gasteiger partial charge in [-0.3, -0.25) is 0 Å². The maximum atomic E-state index is 3.54. The molecule has 0 amide bonds. The van der Waals surface area contributed by atoms with E-state index in [2.05, 4.69) is 38.2 Å². The molecule has 1 aliphatic carbocycles. The number of rotatable bonds is 3. The summed E-state index contributed by atoms with van der Waals surface area (Å²) in [5.41, 5.74) is 0. The van der Waals surface area contributed by atoms with Crippen LogP contribution in [0.2, 0.25) is 0 Å². The van der Waals surface area contributed by atoms with E-state index < -0.39 is 0 Å². The second-order valence-corrected chi connectivity index (χ2v) is 3.81. The molecule has 11 heavy (non-hydrogen) atoms. The number of allylic oxidation sites excluding steroid dienone is 2. The molecule has 0 fully saturated rings. The van der Waals surface area contributed by atoms with Crippen LogP contribution in [0.3, 0.4) is 0 Å². The topological polar surface area (TPSA) is 12.0 Å². The van der Waals surface area contributed by atoms with Crippen LogP contribution in [0, 0.1) is 5.92 Å². The molecule has 1 heteroatoms. The lowest BCUT2D eigenvalue weighted by Gasteiger charge is -2.22. The molecule has 0 saturated heterocycles. The van der Waals surface area contributed by atoms with E-state index in [0.29, 0.717) is 12.1 Å². The molecule has 64 valence electrons. The predicted molar refractivity (Wildman–Crippen MR) is 49.6 cm³/mol. The zero-order chi connectivity index (χ0) is 8.27. The van der Waals surface area contributed by atoms with Crippen molar-refractivity contribution in [1.82, 2.24) is 5.32 Å². The normalized spacial score (nSPS) is 21.5. The molecule has 0 unspecified atom stereocenters. The lowest BCUT2D eigenvalue weighted by molar-refractivity contribution is 0.366. The fourth-order valence-corrected chi connectivity index (χ4v) is 1.71. The second kappa shape index (κ2) is 3.91. The van der Waals surface area contributed by atoms with Crippen LogP contribution in [0.1, 0.15) is 33.6 Å². The fraction of sp³-hybridized carbons (Fsp3) is 0.800. The molecule has 1 rings (SSSR count). The summed E-state index contributed by atoms with van der Waals surface area (Å²) in [6.45, 7) is 6.70. The molecule has 0 aromatic heterocycles. The average molecular weight is 153 g/mol. The van der Waals surface area contributed by atoms with Crippen LogP contribution in [0.15, 0.2) is 12.2 Å². The Hall–Kier alpha value is -0.300. The highest BCUT2D eigenvalue weighted by atomic mass is 14.9. The van der Waals surface area contributed by atoms with Crippen molar-refractivity contribution in [3.8, 4) is 0 Å². The highest BCUT2D eigenvalue weighted by Gasteiger charge is 2.17. The van der Waals surface area contributed by atoms with Crippen LogP contribution in [-0.2, 0) is 0 Å². The van der Waals surface area contributed by atoms with Gasteiger partial charge in [-0.15, -0.1) is 0 Å². The molecular formula is C10H19N. The molecule has 0 radical (unpaired) electrons. The van der Waals surface area contributed by atoms with E-state index >= 15 is 0 Å². The summed E-state index contributed by atoms with van der Waals surface area (Å²) >= 11 is 0. The van der Waals surface area contributed by atoms with Gasteiger partial charge >= 0.3 is 0 Å². The molecule has 0 bridgehead atoms. The van der Waals surface area contributed by atoms with Crippen LogP contribution < -0.4 is 5.32 Å². The van der Waals surface area contributed by atoms with Gasteiger partial charge in [0.05, 0.1) is 0 Å². The Balaban J connectivity index is 2.24. The largest absolute Gasteiger partial charge is 0.312 e. The van der Waals surface area contributed by atoms with Crippen LogP contribution in [-0.4, -0.2) is 12.1 Å². The highest BCUT2D eigenvalue weighted by molar-refractivity contribution is 4.97. The van der Waals surface area contributed by atoms with Gasteiger partial charge in [0, 0.05) is 12.1 Å². The van der Waals surface area contributed by atoms with Crippen molar-refractivity contribution in [3.05, 3.63) is 12.2 Å². The van der Waals surface area contributed by atoms with Crippen molar-refractivity contribution >= 4 is 0 Å². The van der Waals surface area contributed by atoms with Gasteiger partial charge < -0.3 is 5.32 Å². The van der Waals surface area contributed by atoms with Crippen molar-refractivity contribution in [1.29, 1.82) is 0 Å². The van der Waals surface area contributed by atoms with Crippen molar-refractivity contribution < 1.29 is 0 Å². The minimum absolute atomic E-state index is 0.616. The zero-order valence-corrected chi connectivity index (χ0v) is 7.80. The Kier molecular flexibility index (Phi) is 3.13. The van der Waals surface area contributed by atoms with Crippen molar-refractivity contribution in [2.75, 3.05) is 0 Å². The van der Waals surface area contributed by atoms with Crippen molar-refractivity contribution in [2.45, 2.75) is 45.7 Å². The first-order valence-electron chi connectivity index (χ1n) is 4.61. The van der Waals surface area contributed by atoms with Crippen molar-refractivity contribution in [3.63, 3.8) is 0 Å². The van der Waals surface area contributed by atoms with Gasteiger partial charge in [0.1, 0.15) is 0 Å². The molecule has 0 aliphatic heterocycles. The van der Waals surface area contributed by atoms with Gasteiger partial charge in [-0.05, 0) is 25.7 Å². The van der Waals surface area contributed by atoms with Gasteiger partial charge in [0.15, 0.2) is 0 Å². The van der Waals surface area contributed by atoms with Crippen LogP contribution in [0.25, 0.3) is 0 Å². The van der Waals surface area contributed by atoms with E-state index in [9.17, 15) is 0 Å². The second-order valence-electron chi connectivity index (χ2n) is 3.81. The summed E-state index contributed by atoms with van der Waals surface area (Å²) in [5, 5.41) is 3.54. The Morgan fingerprint density at radius 1 is 1.18 bits per heavy atom. The summed E-state index contributed by atoms with van der Waals surface area (Å²) in [6, 6.07) is 1.29. The number of nitrogens with one attached hydrogen (secondary N) is 1. The van der Waals surface area contributed by atoms with E-state index in [-0.39, 0.29) is 0 Å². The molecule has 0 aromatic carbocycles. The third kappa shape index (κ3) is 2.66. The molecule has 0 spiro atoms. The predicted octanol–water partition coefficient (Wildman–Crippen LogP) is 2.34. The third-order valence-corrected chi connectivity index (χ3v) is 2.35.